The summed E-state index contributed by atoms with van der Waals surface area (Å²) in [4.78, 5) is 14.6. The van der Waals surface area contributed by atoms with Gasteiger partial charge in [0.05, 0.1) is 5.54 Å². The molecule has 0 saturated carbocycles. The van der Waals surface area contributed by atoms with Crippen molar-refractivity contribution in [3.63, 3.8) is 0 Å². The van der Waals surface area contributed by atoms with Crippen molar-refractivity contribution in [2.75, 3.05) is 19.0 Å². The van der Waals surface area contributed by atoms with Crippen LogP contribution in [0.2, 0.25) is 0 Å². The lowest BCUT2D eigenvalue weighted by molar-refractivity contribution is 0.0944. The van der Waals surface area contributed by atoms with Gasteiger partial charge in [0.25, 0.3) is 5.91 Å². The molecule has 1 aromatic carbocycles. The number of hydrogen-bond donors (Lipinski definition) is 1. The molecule has 0 aliphatic rings. The average molecular weight is 342 g/mol. The first-order chi connectivity index (χ1) is 11.6. The van der Waals surface area contributed by atoms with E-state index in [1.54, 1.807) is 0 Å². The molecule has 0 fully saturated rings. The fraction of sp³-hybridized carbons (Fsp3) is 0.500. The van der Waals surface area contributed by atoms with E-state index in [-0.39, 0.29) is 11.4 Å². The van der Waals surface area contributed by atoms with Gasteiger partial charge in [-0.1, -0.05) is 26.0 Å². The highest BCUT2D eigenvalue weighted by molar-refractivity contribution is 5.92. The second-order valence-electron chi connectivity index (χ2n) is 7.94. The third kappa shape index (κ3) is 4.62. The molecule has 2 aromatic rings. The van der Waals surface area contributed by atoms with Gasteiger partial charge >= 0.3 is 0 Å². The second-order valence-corrected chi connectivity index (χ2v) is 7.94. The second kappa shape index (κ2) is 7.30. The van der Waals surface area contributed by atoms with Crippen LogP contribution in [0.5, 0.6) is 0 Å². The maximum atomic E-state index is 12.5. The largest absolute Gasteiger partial charge is 0.378 e. The molecule has 0 spiro atoms. The van der Waals surface area contributed by atoms with E-state index in [0.29, 0.717) is 18.2 Å². The average Bonchev–Trinajstić information content (AvgIpc) is 2.99. The van der Waals surface area contributed by atoms with E-state index in [0.717, 1.165) is 16.9 Å². The molecule has 2 rings (SSSR count). The summed E-state index contributed by atoms with van der Waals surface area (Å²) in [6, 6.07) is 10.1. The summed E-state index contributed by atoms with van der Waals surface area (Å²) in [7, 11) is 4.02. The SMILES string of the molecule is CC(C)c1cc(C(=O)NCc2ccc(N(C)C)cc2)nn1C(C)(C)C. The summed E-state index contributed by atoms with van der Waals surface area (Å²) in [5.74, 6) is 0.174. The minimum absolute atomic E-state index is 0.137. The van der Waals surface area contributed by atoms with Crippen molar-refractivity contribution >= 4 is 11.6 Å². The third-order valence-electron chi connectivity index (χ3n) is 4.10. The van der Waals surface area contributed by atoms with Crippen LogP contribution < -0.4 is 10.2 Å². The number of aromatic nitrogens is 2. The van der Waals surface area contributed by atoms with Crippen LogP contribution in [0.25, 0.3) is 0 Å². The Hall–Kier alpha value is -2.30. The Balaban J connectivity index is 2.10. The van der Waals surface area contributed by atoms with Crippen LogP contribution >= 0.6 is 0 Å². The zero-order chi connectivity index (χ0) is 18.8. The zero-order valence-electron chi connectivity index (χ0n) is 16.4. The van der Waals surface area contributed by atoms with Crippen LogP contribution in [0.15, 0.2) is 30.3 Å². The van der Waals surface area contributed by atoms with Gasteiger partial charge in [-0.3, -0.25) is 9.48 Å². The van der Waals surface area contributed by atoms with Crippen LogP contribution in [-0.4, -0.2) is 29.8 Å². The predicted molar refractivity (Wildman–Crippen MR) is 103 cm³/mol. The summed E-state index contributed by atoms with van der Waals surface area (Å²) in [6.07, 6.45) is 0. The van der Waals surface area contributed by atoms with Gasteiger partial charge in [-0.15, -0.1) is 0 Å². The van der Waals surface area contributed by atoms with Crippen molar-refractivity contribution in [2.24, 2.45) is 0 Å². The number of carbonyl (C=O) groups excluding carboxylic acids is 1. The highest BCUT2D eigenvalue weighted by Crippen LogP contribution is 2.23. The third-order valence-corrected chi connectivity index (χ3v) is 4.10. The number of rotatable bonds is 5. The van der Waals surface area contributed by atoms with Crippen molar-refractivity contribution in [1.29, 1.82) is 0 Å². The van der Waals surface area contributed by atoms with Crippen molar-refractivity contribution < 1.29 is 4.79 Å². The van der Waals surface area contributed by atoms with Crippen LogP contribution in [0.4, 0.5) is 5.69 Å². The molecule has 136 valence electrons. The fourth-order valence-corrected chi connectivity index (χ4v) is 2.64. The van der Waals surface area contributed by atoms with Crippen LogP contribution in [-0.2, 0) is 12.1 Å². The number of amides is 1. The van der Waals surface area contributed by atoms with Gasteiger partial charge in [-0.2, -0.15) is 5.10 Å². The Kier molecular flexibility index (Phi) is 5.55. The monoisotopic (exact) mass is 342 g/mol. The van der Waals surface area contributed by atoms with Gasteiger partial charge in [-0.05, 0) is 50.5 Å². The maximum absolute atomic E-state index is 12.5. The lowest BCUT2D eigenvalue weighted by Gasteiger charge is -2.23. The number of anilines is 1. The summed E-state index contributed by atoms with van der Waals surface area (Å²) in [5.41, 5.74) is 3.61. The zero-order valence-corrected chi connectivity index (χ0v) is 16.4. The van der Waals surface area contributed by atoms with Crippen molar-refractivity contribution in [1.82, 2.24) is 15.1 Å². The van der Waals surface area contributed by atoms with E-state index in [9.17, 15) is 4.79 Å². The Bertz CT molecular complexity index is 721. The molecule has 0 saturated heterocycles. The minimum atomic E-state index is -0.153. The van der Waals surface area contributed by atoms with Gasteiger partial charge in [0.15, 0.2) is 0 Å². The van der Waals surface area contributed by atoms with E-state index in [2.05, 4.69) is 49.9 Å². The van der Waals surface area contributed by atoms with Crippen LogP contribution in [0, 0.1) is 0 Å². The Morgan fingerprint density at radius 3 is 2.24 bits per heavy atom. The molecule has 5 heteroatoms. The summed E-state index contributed by atoms with van der Waals surface area (Å²) < 4.78 is 1.96. The highest BCUT2D eigenvalue weighted by atomic mass is 16.1. The lowest BCUT2D eigenvalue weighted by atomic mass is 10.1. The molecular formula is C20H30N4O. The smallest absolute Gasteiger partial charge is 0.272 e. The van der Waals surface area contributed by atoms with Gasteiger partial charge < -0.3 is 10.2 Å². The molecule has 5 nitrogen and oxygen atoms in total. The summed E-state index contributed by atoms with van der Waals surface area (Å²) >= 11 is 0. The number of hydrogen-bond acceptors (Lipinski definition) is 3. The van der Waals surface area contributed by atoms with Crippen LogP contribution in [0.3, 0.4) is 0 Å². The molecule has 1 amide bonds. The number of benzene rings is 1. The number of nitrogens with zero attached hydrogens (tertiary/aromatic N) is 3. The molecule has 25 heavy (non-hydrogen) atoms. The Labute approximate surface area is 151 Å². The molecule has 0 radical (unpaired) electrons. The predicted octanol–water partition coefficient (Wildman–Crippen LogP) is 3.76. The van der Waals surface area contributed by atoms with Crippen molar-refractivity contribution in [3.8, 4) is 0 Å². The van der Waals surface area contributed by atoms with Gasteiger partial charge in [0, 0.05) is 32.0 Å². The molecular weight excluding hydrogens is 312 g/mol. The van der Waals surface area contributed by atoms with Gasteiger partial charge in [0.1, 0.15) is 5.69 Å². The Morgan fingerprint density at radius 1 is 1.20 bits per heavy atom. The fourth-order valence-electron chi connectivity index (χ4n) is 2.64. The molecule has 1 N–H and O–H groups in total. The highest BCUT2D eigenvalue weighted by Gasteiger charge is 2.23. The first-order valence-electron chi connectivity index (χ1n) is 8.74. The van der Waals surface area contributed by atoms with E-state index < -0.39 is 0 Å². The molecule has 0 bridgehead atoms. The van der Waals surface area contributed by atoms with E-state index >= 15 is 0 Å². The normalized spacial score (nSPS) is 11.7. The molecule has 0 atom stereocenters. The minimum Gasteiger partial charge on any atom is -0.378 e. The van der Waals surface area contributed by atoms with Crippen LogP contribution in [0.1, 0.15) is 62.3 Å². The van der Waals surface area contributed by atoms with Crippen molar-refractivity contribution in [2.45, 2.75) is 52.6 Å². The van der Waals surface area contributed by atoms with E-state index in [1.807, 2.05) is 49.1 Å². The van der Waals surface area contributed by atoms with Gasteiger partial charge in [0.2, 0.25) is 0 Å². The summed E-state index contributed by atoms with van der Waals surface area (Å²) in [6.45, 7) is 11.0. The van der Waals surface area contributed by atoms with Gasteiger partial charge in [-0.25, -0.2) is 0 Å². The standard InChI is InChI=1S/C20H30N4O/c1-14(2)18-12-17(22-24(18)20(3,4)5)19(25)21-13-15-8-10-16(11-9-15)23(6)7/h8-12,14H,13H2,1-7H3,(H,21,25). The van der Waals surface area contributed by atoms with E-state index in [4.69, 9.17) is 0 Å². The maximum Gasteiger partial charge on any atom is 0.272 e. The summed E-state index contributed by atoms with van der Waals surface area (Å²) in [5, 5.41) is 7.52. The topological polar surface area (TPSA) is 50.2 Å². The van der Waals surface area contributed by atoms with E-state index in [1.165, 1.54) is 0 Å². The molecule has 1 aromatic heterocycles. The molecule has 0 aliphatic carbocycles. The molecule has 1 heterocycles. The first kappa shape index (κ1) is 19.0. The molecule has 0 unspecified atom stereocenters. The first-order valence-corrected chi connectivity index (χ1v) is 8.74. The van der Waals surface area contributed by atoms with Crippen molar-refractivity contribution in [3.05, 3.63) is 47.3 Å². The lowest BCUT2D eigenvalue weighted by Crippen LogP contribution is -2.27. The molecule has 0 aliphatic heterocycles. The quantitative estimate of drug-likeness (QED) is 0.900. The Morgan fingerprint density at radius 2 is 1.80 bits per heavy atom. The number of carbonyl (C=O) groups is 1. The number of nitrogens with one attached hydrogen (secondary N) is 1.